The van der Waals surface area contributed by atoms with Gasteiger partial charge in [-0.05, 0) is 69.7 Å². The van der Waals surface area contributed by atoms with E-state index in [1.807, 2.05) is 45.0 Å². The molecule has 216 valence electrons. The second-order valence-electron chi connectivity index (χ2n) is 10.3. The number of nitrogens with zero attached hydrogens (tertiary/aromatic N) is 5. The van der Waals surface area contributed by atoms with Gasteiger partial charge in [0.05, 0.1) is 16.9 Å². The molecule has 4 aromatic rings. The van der Waals surface area contributed by atoms with E-state index in [4.69, 9.17) is 14.2 Å². The summed E-state index contributed by atoms with van der Waals surface area (Å²) >= 11 is 0. The topological polar surface area (TPSA) is 118 Å². The van der Waals surface area contributed by atoms with Crippen molar-refractivity contribution in [1.82, 2.24) is 24.7 Å². The number of rotatable bonds is 10. The summed E-state index contributed by atoms with van der Waals surface area (Å²) in [6.45, 7) is 7.42. The predicted molar refractivity (Wildman–Crippen MR) is 150 cm³/mol. The van der Waals surface area contributed by atoms with Crippen LogP contribution in [0.4, 0.5) is 4.39 Å². The smallest absolute Gasteiger partial charge is 0.168 e. The lowest BCUT2D eigenvalue weighted by Gasteiger charge is -2.25. The van der Waals surface area contributed by atoms with Gasteiger partial charge in [0.1, 0.15) is 54.3 Å². The molecule has 12 heteroatoms. The molecule has 0 N–H and O–H groups in total. The van der Waals surface area contributed by atoms with Gasteiger partial charge >= 0.3 is 0 Å². The first kappa shape index (κ1) is 28.6. The Hall–Kier alpha value is -3.90. The molecule has 3 atom stereocenters. The number of aryl methyl sites for hydroxylation is 1. The summed E-state index contributed by atoms with van der Waals surface area (Å²) in [5.74, 6) is 1.32. The van der Waals surface area contributed by atoms with Gasteiger partial charge in [-0.2, -0.15) is 0 Å². The van der Waals surface area contributed by atoms with Gasteiger partial charge in [0.2, 0.25) is 0 Å². The highest BCUT2D eigenvalue weighted by molar-refractivity contribution is 7.91. The average Bonchev–Trinajstić information content (AvgIpc) is 3.27. The van der Waals surface area contributed by atoms with Crippen molar-refractivity contribution in [1.29, 1.82) is 0 Å². The first-order valence-corrected chi connectivity index (χ1v) is 15.0. The van der Waals surface area contributed by atoms with E-state index in [9.17, 15) is 12.8 Å². The lowest BCUT2D eigenvalue weighted by Crippen LogP contribution is -2.33. The number of ether oxygens (including phenoxy) is 3. The molecule has 0 saturated carbocycles. The van der Waals surface area contributed by atoms with E-state index in [1.165, 1.54) is 24.3 Å². The second-order valence-corrected chi connectivity index (χ2v) is 12.6. The van der Waals surface area contributed by atoms with E-state index >= 15 is 0 Å². The third kappa shape index (κ3) is 6.38. The Morgan fingerprint density at radius 3 is 2.46 bits per heavy atom. The molecule has 0 saturated heterocycles. The molecule has 10 nitrogen and oxygen atoms in total. The van der Waals surface area contributed by atoms with Crippen molar-refractivity contribution in [3.05, 3.63) is 84.0 Å². The molecular weight excluding hydrogens is 549 g/mol. The zero-order valence-corrected chi connectivity index (χ0v) is 24.1. The Bertz CT molecular complexity index is 1590. The number of para-hydroxylation sites is 1. The quantitative estimate of drug-likeness (QED) is 0.263. The van der Waals surface area contributed by atoms with Crippen molar-refractivity contribution < 1.29 is 27.0 Å². The number of benzene rings is 2. The van der Waals surface area contributed by atoms with Crippen molar-refractivity contribution in [2.45, 2.75) is 56.9 Å². The number of hydrogen-bond donors (Lipinski definition) is 0. The summed E-state index contributed by atoms with van der Waals surface area (Å²) in [5.41, 5.74) is 1.55. The summed E-state index contributed by atoms with van der Waals surface area (Å²) in [7, 11) is -3.86. The van der Waals surface area contributed by atoms with E-state index in [0.29, 0.717) is 28.7 Å². The summed E-state index contributed by atoms with van der Waals surface area (Å²) in [5, 5.41) is 7.73. The van der Waals surface area contributed by atoms with Crippen molar-refractivity contribution in [3.63, 3.8) is 0 Å². The van der Waals surface area contributed by atoms with Crippen LogP contribution >= 0.6 is 0 Å². The minimum absolute atomic E-state index is 0.115. The average molecular weight is 582 g/mol. The van der Waals surface area contributed by atoms with Crippen LogP contribution in [0.3, 0.4) is 0 Å². The maximum absolute atomic E-state index is 13.9. The van der Waals surface area contributed by atoms with Gasteiger partial charge in [-0.1, -0.05) is 12.1 Å². The van der Waals surface area contributed by atoms with E-state index in [-0.39, 0.29) is 31.0 Å². The lowest BCUT2D eigenvalue weighted by atomic mass is 10.2. The monoisotopic (exact) mass is 581 g/mol. The molecule has 5 rings (SSSR count). The summed E-state index contributed by atoms with van der Waals surface area (Å²) in [6.07, 6.45) is 2.14. The van der Waals surface area contributed by atoms with E-state index in [2.05, 4.69) is 20.2 Å². The summed E-state index contributed by atoms with van der Waals surface area (Å²) in [4.78, 5) is 8.70. The lowest BCUT2D eigenvalue weighted by molar-refractivity contribution is 0.00140. The molecule has 0 amide bonds. The number of hydrogen-bond acceptors (Lipinski definition) is 9. The molecule has 0 fully saturated rings. The molecule has 1 aliphatic rings. The Labute approximate surface area is 238 Å². The van der Waals surface area contributed by atoms with Gasteiger partial charge in [-0.3, -0.25) is 4.57 Å². The zero-order valence-electron chi connectivity index (χ0n) is 23.3. The van der Waals surface area contributed by atoms with Gasteiger partial charge in [0, 0.05) is 12.4 Å². The summed E-state index contributed by atoms with van der Waals surface area (Å²) < 4.78 is 61.0. The fraction of sp³-hybridized carbons (Fsp3) is 0.379. The minimum Gasteiger partial charge on any atom is -0.491 e. The van der Waals surface area contributed by atoms with Crippen LogP contribution in [-0.2, 0) is 20.3 Å². The molecule has 0 bridgehead atoms. The van der Waals surface area contributed by atoms with Gasteiger partial charge in [-0.25, -0.2) is 22.8 Å². The maximum Gasteiger partial charge on any atom is 0.168 e. The van der Waals surface area contributed by atoms with Gasteiger partial charge in [0.15, 0.2) is 21.5 Å². The fourth-order valence-electron chi connectivity index (χ4n) is 4.60. The number of fused-ring (bicyclic) bond motifs is 3. The maximum atomic E-state index is 13.9. The Kier molecular flexibility index (Phi) is 8.32. The van der Waals surface area contributed by atoms with E-state index in [1.54, 1.807) is 23.9 Å². The molecule has 0 radical (unpaired) electrons. The van der Waals surface area contributed by atoms with Crippen LogP contribution in [-0.4, -0.2) is 57.7 Å². The molecule has 1 aliphatic heterocycles. The Balaban J connectivity index is 1.48. The number of aromatic nitrogens is 5. The van der Waals surface area contributed by atoms with Crippen molar-refractivity contribution in [2.75, 3.05) is 13.2 Å². The van der Waals surface area contributed by atoms with Crippen LogP contribution in [0.2, 0.25) is 0 Å². The highest BCUT2D eigenvalue weighted by atomic mass is 32.2. The van der Waals surface area contributed by atoms with Crippen LogP contribution in [0.1, 0.15) is 50.1 Å². The first-order chi connectivity index (χ1) is 19.6. The highest BCUT2D eigenvalue weighted by Crippen LogP contribution is 2.36. The molecule has 3 heterocycles. The van der Waals surface area contributed by atoms with E-state index < -0.39 is 33.0 Å². The largest absolute Gasteiger partial charge is 0.491 e. The predicted octanol–water partition coefficient (Wildman–Crippen LogP) is 4.66. The van der Waals surface area contributed by atoms with Gasteiger partial charge in [-0.15, -0.1) is 10.2 Å². The van der Waals surface area contributed by atoms with Crippen LogP contribution in [0, 0.1) is 12.7 Å². The number of halogens is 1. The van der Waals surface area contributed by atoms with E-state index in [0.717, 1.165) is 5.56 Å². The number of sulfone groups is 1. The van der Waals surface area contributed by atoms with Gasteiger partial charge < -0.3 is 14.2 Å². The van der Waals surface area contributed by atoms with Crippen LogP contribution < -0.4 is 9.47 Å². The first-order valence-electron chi connectivity index (χ1n) is 13.3. The Morgan fingerprint density at radius 2 is 1.76 bits per heavy atom. The highest BCUT2D eigenvalue weighted by Gasteiger charge is 2.37. The molecule has 0 unspecified atom stereocenters. The molecule has 41 heavy (non-hydrogen) atoms. The van der Waals surface area contributed by atoms with Crippen LogP contribution in [0.15, 0.2) is 60.9 Å². The minimum atomic E-state index is -3.86. The normalized spacial score (nSPS) is 16.3. The standard InChI is InChI=1S/C29H32FN5O5S/c1-18(2)40-27(28-31-13-19(3)14-32-28)20(4)41(36,37)17-26-33-34-29-24-7-5-6-8-25(24)39-16-22(35(26)29)15-38-23-11-9-21(30)10-12-23/h5-14,18,20,22,27H,15-17H2,1-4H3/t20-,22+,27+/m0/s1. The third-order valence-electron chi connectivity index (χ3n) is 6.74. The molecule has 0 spiro atoms. The SMILES string of the molecule is Cc1cnc([C@H](OC(C)C)[C@H](C)S(=O)(=O)Cc2nnc3n2[C@H](COc2ccc(F)cc2)COc2ccccc2-3)nc1. The zero-order chi connectivity index (χ0) is 29.1. The van der Waals surface area contributed by atoms with Crippen LogP contribution in [0.25, 0.3) is 11.4 Å². The summed E-state index contributed by atoms with van der Waals surface area (Å²) in [6, 6.07) is 12.6. The second kappa shape index (κ2) is 11.9. The molecule has 0 aliphatic carbocycles. The Morgan fingerprint density at radius 1 is 1.05 bits per heavy atom. The molecular formula is C29H32FN5O5S. The van der Waals surface area contributed by atoms with Crippen molar-refractivity contribution in [3.8, 4) is 22.9 Å². The van der Waals surface area contributed by atoms with Crippen LogP contribution in [0.5, 0.6) is 11.5 Å². The van der Waals surface area contributed by atoms with Gasteiger partial charge in [0.25, 0.3) is 0 Å². The van der Waals surface area contributed by atoms with Crippen molar-refractivity contribution in [2.24, 2.45) is 0 Å². The third-order valence-corrected chi connectivity index (χ3v) is 8.78. The molecule has 2 aromatic heterocycles. The molecule has 2 aromatic carbocycles. The van der Waals surface area contributed by atoms with Crippen molar-refractivity contribution >= 4 is 9.84 Å². The fourth-order valence-corrected chi connectivity index (χ4v) is 5.98.